The molecule has 0 bridgehead atoms. The van der Waals surface area contributed by atoms with Crippen molar-refractivity contribution < 1.29 is 9.18 Å². The lowest BCUT2D eigenvalue weighted by atomic mass is 10.1. The molecule has 6 heteroatoms. The second kappa shape index (κ2) is 4.89. The normalized spacial score (nSPS) is 19.6. The molecule has 1 fully saturated rings. The number of hydrogen-bond donors (Lipinski definition) is 2. The number of piperazine rings is 1. The number of thiocarbonyl (C=S) groups is 1. The smallest absolute Gasteiger partial charge is 0.242 e. The molecule has 3 N–H and O–H groups in total. The first-order chi connectivity index (χ1) is 8.50. The van der Waals surface area contributed by atoms with Gasteiger partial charge in [0.1, 0.15) is 16.8 Å². The van der Waals surface area contributed by atoms with E-state index in [9.17, 15) is 9.18 Å². The van der Waals surface area contributed by atoms with Crippen molar-refractivity contribution in [3.63, 3.8) is 0 Å². The summed E-state index contributed by atoms with van der Waals surface area (Å²) in [5, 5.41) is 2.76. The van der Waals surface area contributed by atoms with E-state index in [1.807, 2.05) is 4.90 Å². The van der Waals surface area contributed by atoms with Crippen molar-refractivity contribution in [1.29, 1.82) is 0 Å². The first-order valence-corrected chi connectivity index (χ1v) is 6.05. The zero-order valence-corrected chi connectivity index (χ0v) is 10.8. The van der Waals surface area contributed by atoms with Crippen LogP contribution in [0.5, 0.6) is 0 Å². The minimum Gasteiger partial charge on any atom is -0.389 e. The Balaban J connectivity index is 2.31. The first kappa shape index (κ1) is 12.8. The van der Waals surface area contributed by atoms with Gasteiger partial charge in [0.2, 0.25) is 5.91 Å². The van der Waals surface area contributed by atoms with Gasteiger partial charge in [0.25, 0.3) is 0 Å². The van der Waals surface area contributed by atoms with Crippen LogP contribution in [0.15, 0.2) is 18.2 Å². The molecule has 1 amide bonds. The number of carbonyl (C=O) groups is 1. The fourth-order valence-corrected chi connectivity index (χ4v) is 2.18. The van der Waals surface area contributed by atoms with Crippen LogP contribution in [0.1, 0.15) is 12.5 Å². The minimum atomic E-state index is -0.460. The largest absolute Gasteiger partial charge is 0.389 e. The molecule has 2 rings (SSSR count). The Labute approximate surface area is 110 Å². The van der Waals surface area contributed by atoms with Crippen LogP contribution in [0.3, 0.4) is 0 Å². The first-order valence-electron chi connectivity index (χ1n) is 5.64. The number of amides is 1. The molecule has 1 aromatic rings. The van der Waals surface area contributed by atoms with Gasteiger partial charge in [-0.25, -0.2) is 4.39 Å². The van der Waals surface area contributed by atoms with E-state index in [1.165, 1.54) is 6.07 Å². The van der Waals surface area contributed by atoms with Gasteiger partial charge in [0.15, 0.2) is 0 Å². The molecular formula is C12H14FN3OS. The Hall–Kier alpha value is -1.69. The van der Waals surface area contributed by atoms with Gasteiger partial charge in [-0.15, -0.1) is 0 Å². The summed E-state index contributed by atoms with van der Waals surface area (Å²) < 4.78 is 13.8. The summed E-state index contributed by atoms with van der Waals surface area (Å²) >= 11 is 4.75. The summed E-state index contributed by atoms with van der Waals surface area (Å²) in [5.74, 6) is -0.515. The second-order valence-corrected chi connectivity index (χ2v) is 4.63. The lowest BCUT2D eigenvalue weighted by Gasteiger charge is -2.34. The lowest BCUT2D eigenvalue weighted by Crippen LogP contribution is -2.54. The number of halogens is 1. The van der Waals surface area contributed by atoms with Gasteiger partial charge >= 0.3 is 0 Å². The van der Waals surface area contributed by atoms with Gasteiger partial charge in [-0.05, 0) is 25.1 Å². The molecule has 1 saturated heterocycles. The number of rotatable bonds is 2. The highest BCUT2D eigenvalue weighted by molar-refractivity contribution is 7.80. The topological polar surface area (TPSA) is 58.4 Å². The number of nitrogens with two attached hydrogens (primary N) is 1. The summed E-state index contributed by atoms with van der Waals surface area (Å²) in [7, 11) is 0. The van der Waals surface area contributed by atoms with Crippen LogP contribution < -0.4 is 16.0 Å². The maximum atomic E-state index is 13.8. The van der Waals surface area contributed by atoms with E-state index in [4.69, 9.17) is 18.0 Å². The number of nitrogens with zero attached hydrogens (tertiary/aromatic N) is 1. The third-order valence-electron chi connectivity index (χ3n) is 3.05. The van der Waals surface area contributed by atoms with Gasteiger partial charge < -0.3 is 16.0 Å². The number of hydrogen-bond acceptors (Lipinski definition) is 3. The Morgan fingerprint density at radius 2 is 2.33 bits per heavy atom. The van der Waals surface area contributed by atoms with Crippen molar-refractivity contribution in [1.82, 2.24) is 5.32 Å². The zero-order chi connectivity index (χ0) is 13.3. The predicted octanol–water partition coefficient (Wildman–Crippen LogP) is 0.785. The summed E-state index contributed by atoms with van der Waals surface area (Å²) in [5.41, 5.74) is 6.29. The van der Waals surface area contributed by atoms with Crippen LogP contribution in [0.2, 0.25) is 0 Å². The summed E-state index contributed by atoms with van der Waals surface area (Å²) in [6.45, 7) is 2.99. The zero-order valence-electron chi connectivity index (χ0n) is 9.94. The highest BCUT2D eigenvalue weighted by Crippen LogP contribution is 2.21. The van der Waals surface area contributed by atoms with Crippen LogP contribution >= 0.6 is 12.2 Å². The van der Waals surface area contributed by atoms with Crippen LogP contribution in [-0.2, 0) is 4.79 Å². The summed E-state index contributed by atoms with van der Waals surface area (Å²) in [6, 6.07) is 4.33. The molecular weight excluding hydrogens is 253 g/mol. The molecule has 1 aliphatic heterocycles. The van der Waals surface area contributed by atoms with E-state index in [2.05, 4.69) is 5.32 Å². The maximum absolute atomic E-state index is 13.8. The van der Waals surface area contributed by atoms with Gasteiger partial charge in [-0.2, -0.15) is 0 Å². The molecule has 96 valence electrons. The average Bonchev–Trinajstić information content (AvgIpc) is 2.32. The molecule has 18 heavy (non-hydrogen) atoms. The summed E-state index contributed by atoms with van der Waals surface area (Å²) in [4.78, 5) is 13.4. The molecule has 0 saturated carbocycles. The van der Waals surface area contributed by atoms with Gasteiger partial charge in [0.05, 0.1) is 0 Å². The third-order valence-corrected chi connectivity index (χ3v) is 3.27. The van der Waals surface area contributed by atoms with E-state index in [-0.39, 0.29) is 22.5 Å². The van der Waals surface area contributed by atoms with Crippen molar-refractivity contribution in [2.45, 2.75) is 13.0 Å². The highest BCUT2D eigenvalue weighted by atomic mass is 32.1. The molecule has 0 aromatic heterocycles. The fraction of sp³-hybridized carbons (Fsp3) is 0.333. The van der Waals surface area contributed by atoms with Gasteiger partial charge in [-0.1, -0.05) is 12.2 Å². The van der Waals surface area contributed by atoms with Crippen LogP contribution in [0.4, 0.5) is 10.1 Å². The van der Waals surface area contributed by atoms with Crippen molar-refractivity contribution in [3.8, 4) is 0 Å². The second-order valence-electron chi connectivity index (χ2n) is 4.19. The molecule has 4 nitrogen and oxygen atoms in total. The Bertz CT molecular complexity index is 506. The summed E-state index contributed by atoms with van der Waals surface area (Å²) in [6.07, 6.45) is 0. The molecule has 0 spiro atoms. The number of benzene rings is 1. The van der Waals surface area contributed by atoms with E-state index >= 15 is 0 Å². The number of nitrogens with one attached hydrogen (secondary N) is 1. The minimum absolute atomic E-state index is 0.0310. The lowest BCUT2D eigenvalue weighted by molar-refractivity contribution is -0.122. The average molecular weight is 267 g/mol. The van der Waals surface area contributed by atoms with Crippen LogP contribution in [0, 0.1) is 5.82 Å². The highest BCUT2D eigenvalue weighted by Gasteiger charge is 2.26. The van der Waals surface area contributed by atoms with Gasteiger partial charge in [-0.3, -0.25) is 4.79 Å². The molecule has 0 aliphatic carbocycles. The molecule has 0 radical (unpaired) electrons. The third kappa shape index (κ3) is 2.28. The Morgan fingerprint density at radius 3 is 2.94 bits per heavy atom. The molecule has 1 heterocycles. The molecule has 1 aromatic carbocycles. The van der Waals surface area contributed by atoms with Crippen LogP contribution in [0.25, 0.3) is 0 Å². The Kier molecular flexibility index (Phi) is 3.47. The SMILES string of the molecule is CC1C(=O)NCCN1c1ccc(C(N)=S)c(F)c1. The van der Waals surface area contributed by atoms with Crippen LogP contribution in [-0.4, -0.2) is 30.0 Å². The number of anilines is 1. The van der Waals surface area contributed by atoms with E-state index in [0.29, 0.717) is 18.8 Å². The number of carbonyl (C=O) groups excluding carboxylic acids is 1. The molecule has 1 unspecified atom stereocenters. The van der Waals surface area contributed by atoms with E-state index < -0.39 is 5.82 Å². The standard InChI is InChI=1S/C12H14FN3OS/c1-7-12(17)15-4-5-16(7)8-2-3-9(11(14)18)10(13)6-8/h2-3,6-7H,4-5H2,1H3,(H2,14,18)(H,15,17). The molecule has 1 aliphatic rings. The predicted molar refractivity (Wildman–Crippen MR) is 72.1 cm³/mol. The van der Waals surface area contributed by atoms with Crippen molar-refractivity contribution >= 4 is 28.8 Å². The van der Waals surface area contributed by atoms with E-state index in [0.717, 1.165) is 0 Å². The van der Waals surface area contributed by atoms with E-state index in [1.54, 1.807) is 19.1 Å². The van der Waals surface area contributed by atoms with Crippen molar-refractivity contribution in [3.05, 3.63) is 29.6 Å². The maximum Gasteiger partial charge on any atom is 0.242 e. The fourth-order valence-electron chi connectivity index (χ4n) is 2.02. The van der Waals surface area contributed by atoms with Gasteiger partial charge in [0, 0.05) is 24.3 Å². The van der Waals surface area contributed by atoms with Crippen molar-refractivity contribution in [2.75, 3.05) is 18.0 Å². The van der Waals surface area contributed by atoms with Crippen molar-refractivity contribution in [2.24, 2.45) is 5.73 Å². The monoisotopic (exact) mass is 267 g/mol. The quantitative estimate of drug-likeness (QED) is 0.778. The molecule has 1 atom stereocenters. The Morgan fingerprint density at radius 1 is 1.61 bits per heavy atom.